The fourth-order valence-corrected chi connectivity index (χ4v) is 2.11. The van der Waals surface area contributed by atoms with Crippen LogP contribution in [0.2, 0.25) is 0 Å². The number of hydrogen-bond donors (Lipinski definition) is 0. The second-order valence-electron chi connectivity index (χ2n) is 3.72. The molecule has 1 aromatic carbocycles. The van der Waals surface area contributed by atoms with Crippen molar-refractivity contribution in [1.29, 1.82) is 0 Å². The molecule has 0 heterocycles. The first-order valence-corrected chi connectivity index (χ1v) is 5.31. The van der Waals surface area contributed by atoms with Gasteiger partial charge in [-0.3, -0.25) is 0 Å². The zero-order chi connectivity index (χ0) is 10.6. The van der Waals surface area contributed by atoms with Gasteiger partial charge in [-0.1, -0.05) is 38.1 Å². The van der Waals surface area contributed by atoms with Gasteiger partial charge >= 0.3 is 0 Å². The maximum Gasteiger partial charge on any atom is 0.0924 e. The van der Waals surface area contributed by atoms with Crippen LogP contribution in [0.5, 0.6) is 0 Å². The van der Waals surface area contributed by atoms with Crippen LogP contribution in [-0.2, 0) is 10.3 Å². The molecule has 0 aliphatic carbocycles. The highest BCUT2D eigenvalue weighted by Crippen LogP contribution is 2.34. The fraction of sp³-hybridized carbons (Fsp3) is 0.538. The Morgan fingerprint density at radius 3 is 2.14 bits per heavy atom. The summed E-state index contributed by atoms with van der Waals surface area (Å²) in [5, 5.41) is 0. The summed E-state index contributed by atoms with van der Waals surface area (Å²) in [6.45, 7) is 6.51. The second kappa shape index (κ2) is 4.61. The summed E-state index contributed by atoms with van der Waals surface area (Å²) in [4.78, 5) is 0. The minimum absolute atomic E-state index is 0.0919. The van der Waals surface area contributed by atoms with Gasteiger partial charge in [0.15, 0.2) is 0 Å². The summed E-state index contributed by atoms with van der Waals surface area (Å²) in [6.07, 6.45) is 2.04. The van der Waals surface area contributed by atoms with Gasteiger partial charge in [0.05, 0.1) is 5.60 Å². The number of rotatable bonds is 4. The molecule has 0 aliphatic rings. The molecule has 0 spiro atoms. The molecule has 78 valence electrons. The molecule has 0 unspecified atom stereocenters. The molecule has 0 N–H and O–H groups in total. The Kier molecular flexibility index (Phi) is 3.70. The highest BCUT2D eigenvalue weighted by molar-refractivity contribution is 5.31. The molecule has 0 aromatic heterocycles. The lowest BCUT2D eigenvalue weighted by atomic mass is 9.85. The summed E-state index contributed by atoms with van der Waals surface area (Å²) >= 11 is 0. The van der Waals surface area contributed by atoms with E-state index in [9.17, 15) is 0 Å². The van der Waals surface area contributed by atoms with E-state index in [0.717, 1.165) is 12.8 Å². The number of ether oxygens (including phenoxy) is 1. The van der Waals surface area contributed by atoms with Gasteiger partial charge in [-0.05, 0) is 30.9 Å². The van der Waals surface area contributed by atoms with Crippen LogP contribution in [0.1, 0.15) is 37.8 Å². The maximum absolute atomic E-state index is 5.70. The van der Waals surface area contributed by atoms with Crippen molar-refractivity contribution in [3.63, 3.8) is 0 Å². The van der Waals surface area contributed by atoms with Gasteiger partial charge in [0.2, 0.25) is 0 Å². The summed E-state index contributed by atoms with van der Waals surface area (Å²) in [6, 6.07) is 8.48. The van der Waals surface area contributed by atoms with E-state index in [4.69, 9.17) is 4.74 Å². The minimum atomic E-state index is -0.0919. The molecule has 0 radical (unpaired) electrons. The monoisotopic (exact) mass is 192 g/mol. The molecule has 1 rings (SSSR count). The molecule has 0 aliphatic heterocycles. The van der Waals surface area contributed by atoms with E-state index >= 15 is 0 Å². The van der Waals surface area contributed by atoms with E-state index < -0.39 is 0 Å². The molecule has 14 heavy (non-hydrogen) atoms. The summed E-state index contributed by atoms with van der Waals surface area (Å²) in [5.41, 5.74) is 2.55. The van der Waals surface area contributed by atoms with E-state index in [0.29, 0.717) is 0 Å². The molecule has 0 amide bonds. The molecule has 0 saturated heterocycles. The fourth-order valence-electron chi connectivity index (χ4n) is 2.11. The number of methoxy groups -OCH3 is 1. The van der Waals surface area contributed by atoms with Crippen LogP contribution in [0.15, 0.2) is 24.3 Å². The van der Waals surface area contributed by atoms with Gasteiger partial charge in [0, 0.05) is 7.11 Å². The molecule has 1 heteroatoms. The quantitative estimate of drug-likeness (QED) is 0.707. The van der Waals surface area contributed by atoms with Crippen molar-refractivity contribution in [3.05, 3.63) is 35.4 Å². The molecule has 1 nitrogen and oxygen atoms in total. The average molecular weight is 192 g/mol. The van der Waals surface area contributed by atoms with Crippen LogP contribution in [0.4, 0.5) is 0 Å². The summed E-state index contributed by atoms with van der Waals surface area (Å²) in [7, 11) is 1.80. The van der Waals surface area contributed by atoms with Gasteiger partial charge in [-0.25, -0.2) is 0 Å². The maximum atomic E-state index is 5.70. The highest BCUT2D eigenvalue weighted by Gasteiger charge is 2.28. The lowest BCUT2D eigenvalue weighted by molar-refractivity contribution is -0.0222. The van der Waals surface area contributed by atoms with Crippen molar-refractivity contribution < 1.29 is 4.74 Å². The molecular formula is C13H20O. The van der Waals surface area contributed by atoms with Crippen molar-refractivity contribution in [1.82, 2.24) is 0 Å². The van der Waals surface area contributed by atoms with E-state index in [1.165, 1.54) is 11.1 Å². The Labute approximate surface area is 87.1 Å². The second-order valence-corrected chi connectivity index (χ2v) is 3.72. The SMILES string of the molecule is CCC(CC)(OC)c1ccccc1C. The van der Waals surface area contributed by atoms with Crippen molar-refractivity contribution >= 4 is 0 Å². The van der Waals surface area contributed by atoms with E-state index in [1.807, 2.05) is 0 Å². The standard InChI is InChI=1S/C13H20O/c1-5-13(6-2,14-4)12-10-8-7-9-11(12)3/h7-10H,5-6H2,1-4H3. The first-order chi connectivity index (χ1) is 6.70. The lowest BCUT2D eigenvalue weighted by Crippen LogP contribution is -2.27. The Balaban J connectivity index is 3.17. The van der Waals surface area contributed by atoms with Gasteiger partial charge in [-0.2, -0.15) is 0 Å². The number of hydrogen-bond acceptors (Lipinski definition) is 1. The van der Waals surface area contributed by atoms with E-state index in [1.54, 1.807) is 7.11 Å². The number of benzene rings is 1. The highest BCUT2D eigenvalue weighted by atomic mass is 16.5. The zero-order valence-electron chi connectivity index (χ0n) is 9.63. The van der Waals surface area contributed by atoms with Gasteiger partial charge < -0.3 is 4.74 Å². The molecule has 0 fully saturated rings. The minimum Gasteiger partial charge on any atom is -0.374 e. The van der Waals surface area contributed by atoms with Gasteiger partial charge in [0.25, 0.3) is 0 Å². The van der Waals surface area contributed by atoms with Gasteiger partial charge in [0.1, 0.15) is 0 Å². The molecular weight excluding hydrogens is 172 g/mol. The molecule has 0 saturated carbocycles. The van der Waals surface area contributed by atoms with E-state index in [-0.39, 0.29) is 5.60 Å². The largest absolute Gasteiger partial charge is 0.374 e. The Bertz CT molecular complexity index is 279. The third-order valence-corrected chi connectivity index (χ3v) is 3.17. The summed E-state index contributed by atoms with van der Waals surface area (Å²) in [5.74, 6) is 0. The van der Waals surface area contributed by atoms with Crippen molar-refractivity contribution in [2.45, 2.75) is 39.2 Å². The van der Waals surface area contributed by atoms with Crippen LogP contribution in [-0.4, -0.2) is 7.11 Å². The van der Waals surface area contributed by atoms with Crippen LogP contribution < -0.4 is 0 Å². The van der Waals surface area contributed by atoms with Crippen LogP contribution in [0.25, 0.3) is 0 Å². The smallest absolute Gasteiger partial charge is 0.0924 e. The molecule has 0 atom stereocenters. The zero-order valence-corrected chi connectivity index (χ0v) is 9.63. The number of aryl methyl sites for hydroxylation is 1. The van der Waals surface area contributed by atoms with E-state index in [2.05, 4.69) is 45.0 Å². The lowest BCUT2D eigenvalue weighted by Gasteiger charge is -2.32. The average Bonchev–Trinajstić information content (AvgIpc) is 2.24. The van der Waals surface area contributed by atoms with Gasteiger partial charge in [-0.15, -0.1) is 0 Å². The third kappa shape index (κ3) is 1.83. The predicted molar refractivity (Wildman–Crippen MR) is 60.4 cm³/mol. The molecule has 1 aromatic rings. The Hall–Kier alpha value is -0.820. The van der Waals surface area contributed by atoms with Crippen molar-refractivity contribution in [2.24, 2.45) is 0 Å². The van der Waals surface area contributed by atoms with Crippen LogP contribution >= 0.6 is 0 Å². The van der Waals surface area contributed by atoms with Crippen LogP contribution in [0.3, 0.4) is 0 Å². The topological polar surface area (TPSA) is 9.23 Å². The third-order valence-electron chi connectivity index (χ3n) is 3.17. The summed E-state index contributed by atoms with van der Waals surface area (Å²) < 4.78 is 5.70. The Morgan fingerprint density at radius 2 is 1.71 bits per heavy atom. The van der Waals surface area contributed by atoms with Crippen LogP contribution in [0, 0.1) is 6.92 Å². The normalized spacial score (nSPS) is 11.7. The molecule has 0 bridgehead atoms. The van der Waals surface area contributed by atoms with Crippen molar-refractivity contribution in [3.8, 4) is 0 Å². The first kappa shape index (κ1) is 11.3. The predicted octanol–water partition coefficient (Wildman–Crippen LogP) is 3.66. The van der Waals surface area contributed by atoms with Crippen molar-refractivity contribution in [2.75, 3.05) is 7.11 Å². The Morgan fingerprint density at radius 1 is 1.14 bits per heavy atom. The first-order valence-electron chi connectivity index (χ1n) is 5.31.